The molecule has 2 heterocycles. The Hall–Kier alpha value is -1.27. The smallest absolute Gasteiger partial charge is 0.337 e. The minimum absolute atomic E-state index is 0.279. The third kappa shape index (κ3) is 3.58. The van der Waals surface area contributed by atoms with Crippen LogP contribution in [0.4, 0.5) is 0 Å². The zero-order chi connectivity index (χ0) is 19.9. The standard InChI is InChI=1S/C17H26O10/c1-6-9(19)3-7-8(15(23)24-2)5-25-16(11(6)7)27-17-14(22)13(21)12(20)10(4-18)26-17/h5-7,9-14,16-22H,3-4H2,1-2H3/t6-,7+,9+,10+,11+,12+,13-,14+,16-,17-/m0/s1. The van der Waals surface area contributed by atoms with Crippen molar-refractivity contribution in [2.24, 2.45) is 17.8 Å². The van der Waals surface area contributed by atoms with Crippen LogP contribution in [-0.2, 0) is 23.7 Å². The quantitative estimate of drug-likeness (QED) is 0.336. The average Bonchev–Trinajstić information content (AvgIpc) is 2.96. The molecule has 0 unspecified atom stereocenters. The molecule has 0 aromatic heterocycles. The molecule has 1 aliphatic carbocycles. The van der Waals surface area contributed by atoms with Gasteiger partial charge in [0.15, 0.2) is 6.29 Å². The molecule has 0 amide bonds. The van der Waals surface area contributed by atoms with Gasteiger partial charge < -0.3 is 44.5 Å². The Labute approximate surface area is 155 Å². The highest BCUT2D eigenvalue weighted by Crippen LogP contribution is 2.47. The molecule has 154 valence electrons. The summed E-state index contributed by atoms with van der Waals surface area (Å²) in [5, 5.41) is 49.4. The lowest BCUT2D eigenvalue weighted by Crippen LogP contribution is -2.60. The number of hydrogen-bond donors (Lipinski definition) is 5. The van der Waals surface area contributed by atoms with Gasteiger partial charge in [-0.05, 0) is 12.3 Å². The second kappa shape index (κ2) is 8.00. The number of esters is 1. The van der Waals surface area contributed by atoms with Gasteiger partial charge in [0.2, 0.25) is 6.29 Å². The van der Waals surface area contributed by atoms with Crippen LogP contribution in [0.25, 0.3) is 0 Å². The molecular formula is C17H26O10. The highest BCUT2D eigenvalue weighted by molar-refractivity contribution is 5.89. The van der Waals surface area contributed by atoms with Crippen molar-refractivity contribution >= 4 is 5.97 Å². The summed E-state index contributed by atoms with van der Waals surface area (Å²) in [5.74, 6) is -1.63. The number of ether oxygens (including phenoxy) is 4. The van der Waals surface area contributed by atoms with Crippen molar-refractivity contribution in [2.75, 3.05) is 13.7 Å². The molecule has 0 bridgehead atoms. The van der Waals surface area contributed by atoms with Crippen LogP contribution in [0, 0.1) is 17.8 Å². The molecule has 0 aromatic rings. The van der Waals surface area contributed by atoms with Crippen molar-refractivity contribution in [2.45, 2.75) is 56.4 Å². The van der Waals surface area contributed by atoms with Gasteiger partial charge in [-0.2, -0.15) is 0 Å². The van der Waals surface area contributed by atoms with Gasteiger partial charge in [0, 0.05) is 11.8 Å². The number of hydrogen-bond acceptors (Lipinski definition) is 10. The molecule has 2 fully saturated rings. The lowest BCUT2D eigenvalue weighted by atomic mass is 9.83. The minimum Gasteiger partial charge on any atom is -0.472 e. The zero-order valence-electron chi connectivity index (χ0n) is 15.0. The molecule has 3 rings (SSSR count). The molecule has 10 nitrogen and oxygen atoms in total. The fourth-order valence-electron chi connectivity index (χ4n) is 4.10. The van der Waals surface area contributed by atoms with E-state index in [4.69, 9.17) is 18.9 Å². The predicted molar refractivity (Wildman–Crippen MR) is 86.6 cm³/mol. The van der Waals surface area contributed by atoms with Crippen LogP contribution >= 0.6 is 0 Å². The fraction of sp³-hybridized carbons (Fsp3) is 0.824. The van der Waals surface area contributed by atoms with E-state index in [1.165, 1.54) is 13.4 Å². The molecular weight excluding hydrogens is 364 g/mol. The van der Waals surface area contributed by atoms with E-state index in [2.05, 4.69) is 0 Å². The summed E-state index contributed by atoms with van der Waals surface area (Å²) in [4.78, 5) is 12.0. The topological polar surface area (TPSA) is 155 Å². The molecule has 3 aliphatic rings. The lowest BCUT2D eigenvalue weighted by molar-refractivity contribution is -0.342. The van der Waals surface area contributed by atoms with Crippen LogP contribution in [-0.4, -0.2) is 88.3 Å². The number of carbonyl (C=O) groups excluding carboxylic acids is 1. The molecule has 0 spiro atoms. The molecule has 0 radical (unpaired) electrons. The molecule has 1 saturated heterocycles. The summed E-state index contributed by atoms with van der Waals surface area (Å²) < 4.78 is 21.4. The Morgan fingerprint density at radius 3 is 2.52 bits per heavy atom. The summed E-state index contributed by atoms with van der Waals surface area (Å²) in [6.07, 6.45) is -7.25. The molecule has 2 aliphatic heterocycles. The molecule has 0 aromatic carbocycles. The van der Waals surface area contributed by atoms with Crippen LogP contribution in [0.2, 0.25) is 0 Å². The summed E-state index contributed by atoms with van der Waals surface area (Å²) in [7, 11) is 1.25. The number of fused-ring (bicyclic) bond motifs is 1. The average molecular weight is 390 g/mol. The van der Waals surface area contributed by atoms with Gasteiger partial charge in [-0.15, -0.1) is 0 Å². The Morgan fingerprint density at radius 2 is 1.89 bits per heavy atom. The first-order valence-corrected chi connectivity index (χ1v) is 8.88. The van der Waals surface area contributed by atoms with Gasteiger partial charge in [-0.3, -0.25) is 0 Å². The highest BCUT2D eigenvalue weighted by Gasteiger charge is 2.53. The maximum absolute atomic E-state index is 12.0. The van der Waals surface area contributed by atoms with E-state index in [9.17, 15) is 30.3 Å². The summed E-state index contributed by atoms with van der Waals surface area (Å²) in [5.41, 5.74) is 0.291. The van der Waals surface area contributed by atoms with Crippen molar-refractivity contribution < 1.29 is 49.3 Å². The minimum atomic E-state index is -1.58. The zero-order valence-corrected chi connectivity index (χ0v) is 15.0. The van der Waals surface area contributed by atoms with E-state index in [-0.39, 0.29) is 11.8 Å². The van der Waals surface area contributed by atoms with Crippen molar-refractivity contribution in [3.8, 4) is 0 Å². The summed E-state index contributed by atoms with van der Waals surface area (Å²) in [6.45, 7) is 1.21. The van der Waals surface area contributed by atoms with Gasteiger partial charge in [0.05, 0.1) is 31.7 Å². The lowest BCUT2D eigenvalue weighted by Gasteiger charge is -2.43. The van der Waals surface area contributed by atoms with E-state index in [1.807, 2.05) is 0 Å². The van der Waals surface area contributed by atoms with Gasteiger partial charge >= 0.3 is 5.97 Å². The van der Waals surface area contributed by atoms with Gasteiger partial charge in [0.25, 0.3) is 0 Å². The molecule has 5 N–H and O–H groups in total. The summed E-state index contributed by atoms with van der Waals surface area (Å²) >= 11 is 0. The number of aliphatic hydroxyl groups is 5. The number of carbonyl (C=O) groups is 1. The Balaban J connectivity index is 1.80. The van der Waals surface area contributed by atoms with E-state index in [0.717, 1.165) is 0 Å². The summed E-state index contributed by atoms with van der Waals surface area (Å²) in [6, 6.07) is 0. The van der Waals surface area contributed by atoms with E-state index in [1.54, 1.807) is 6.92 Å². The number of methoxy groups -OCH3 is 1. The van der Waals surface area contributed by atoms with Gasteiger partial charge in [-0.25, -0.2) is 4.79 Å². The number of rotatable bonds is 4. The first kappa shape index (κ1) is 20.5. The third-order valence-corrected chi connectivity index (χ3v) is 5.75. The van der Waals surface area contributed by atoms with Crippen molar-refractivity contribution in [3.63, 3.8) is 0 Å². The van der Waals surface area contributed by atoms with Crippen LogP contribution in [0.1, 0.15) is 13.3 Å². The molecule has 10 atom stereocenters. The maximum atomic E-state index is 12.0. The largest absolute Gasteiger partial charge is 0.472 e. The monoisotopic (exact) mass is 390 g/mol. The van der Waals surface area contributed by atoms with Crippen LogP contribution in [0.5, 0.6) is 0 Å². The SMILES string of the molecule is COC(=O)C1=CO[C@@H](O[C@@H]2O[C@H](CO)[C@@H](O)[C@H](O)[C@H]2O)[C@@H]2[C@@H](C)[C@H](O)C[C@H]12. The second-order valence-corrected chi connectivity index (χ2v) is 7.25. The maximum Gasteiger partial charge on any atom is 0.337 e. The second-order valence-electron chi connectivity index (χ2n) is 7.25. The normalized spacial score (nSPS) is 47.0. The fourth-order valence-corrected chi connectivity index (χ4v) is 4.10. The highest BCUT2D eigenvalue weighted by atomic mass is 16.8. The predicted octanol–water partition coefficient (Wildman–Crippen LogP) is -2.15. The Bertz CT molecular complexity index is 578. The van der Waals surface area contributed by atoms with Crippen LogP contribution in [0.3, 0.4) is 0 Å². The first-order valence-electron chi connectivity index (χ1n) is 8.88. The Kier molecular flexibility index (Phi) is 6.06. The van der Waals surface area contributed by atoms with Crippen LogP contribution in [0.15, 0.2) is 11.8 Å². The third-order valence-electron chi connectivity index (χ3n) is 5.75. The van der Waals surface area contributed by atoms with Gasteiger partial charge in [-0.1, -0.05) is 6.92 Å². The van der Waals surface area contributed by atoms with E-state index < -0.39 is 61.6 Å². The van der Waals surface area contributed by atoms with Crippen LogP contribution < -0.4 is 0 Å². The molecule has 1 saturated carbocycles. The van der Waals surface area contributed by atoms with E-state index >= 15 is 0 Å². The number of aliphatic hydroxyl groups excluding tert-OH is 5. The van der Waals surface area contributed by atoms with Gasteiger partial charge in [0.1, 0.15) is 24.4 Å². The van der Waals surface area contributed by atoms with E-state index in [0.29, 0.717) is 12.0 Å². The van der Waals surface area contributed by atoms with Crippen molar-refractivity contribution in [1.29, 1.82) is 0 Å². The first-order chi connectivity index (χ1) is 12.8. The molecule has 27 heavy (non-hydrogen) atoms. The van der Waals surface area contributed by atoms with Crippen molar-refractivity contribution in [3.05, 3.63) is 11.8 Å². The van der Waals surface area contributed by atoms with Crippen molar-refractivity contribution in [1.82, 2.24) is 0 Å². The molecule has 10 heteroatoms. The Morgan fingerprint density at radius 1 is 1.19 bits per heavy atom.